The molecule has 2 heterocycles. The van der Waals surface area contributed by atoms with Crippen LogP contribution >= 0.6 is 0 Å². The molecule has 0 bridgehead atoms. The molecule has 1 atom stereocenters. The lowest BCUT2D eigenvalue weighted by molar-refractivity contribution is -0.134. The number of hydrogen-bond donors (Lipinski definition) is 2. The van der Waals surface area contributed by atoms with Crippen molar-refractivity contribution in [3.05, 3.63) is 53.9 Å². The molecule has 0 spiro atoms. The summed E-state index contributed by atoms with van der Waals surface area (Å²) in [7, 11) is 0. The van der Waals surface area contributed by atoms with Crippen LogP contribution < -0.4 is 10.6 Å². The number of aryl methyl sites for hydroxylation is 1. The lowest BCUT2D eigenvalue weighted by Gasteiger charge is -2.33. The summed E-state index contributed by atoms with van der Waals surface area (Å²) in [6.07, 6.45) is 4.43. The van der Waals surface area contributed by atoms with E-state index in [1.165, 1.54) is 0 Å². The SMILES string of the molecule is CCn1nccc1C(=O)NCC(=O)N1CCCCCNC(=O)CC1c1ccccc1. The van der Waals surface area contributed by atoms with Crippen LogP contribution in [0.15, 0.2) is 42.6 Å². The minimum Gasteiger partial charge on any atom is -0.356 e. The molecule has 1 aromatic heterocycles. The first kappa shape index (κ1) is 21.5. The summed E-state index contributed by atoms with van der Waals surface area (Å²) < 4.78 is 1.58. The van der Waals surface area contributed by atoms with Crippen LogP contribution in [0.4, 0.5) is 0 Å². The fraction of sp³-hybridized carbons (Fsp3) is 0.455. The molecule has 0 saturated carbocycles. The molecular weight excluding hydrogens is 382 g/mol. The third kappa shape index (κ3) is 5.46. The van der Waals surface area contributed by atoms with Gasteiger partial charge in [0.15, 0.2) is 0 Å². The van der Waals surface area contributed by atoms with Crippen molar-refractivity contribution in [2.45, 2.75) is 45.2 Å². The second kappa shape index (κ2) is 10.6. The van der Waals surface area contributed by atoms with Crippen LogP contribution in [0, 0.1) is 0 Å². The van der Waals surface area contributed by atoms with Gasteiger partial charge in [-0.2, -0.15) is 5.10 Å². The minimum absolute atomic E-state index is 0.0700. The molecule has 1 aliphatic heterocycles. The van der Waals surface area contributed by atoms with Gasteiger partial charge < -0.3 is 15.5 Å². The largest absolute Gasteiger partial charge is 0.356 e. The molecule has 1 unspecified atom stereocenters. The molecular formula is C22H29N5O3. The normalized spacial score (nSPS) is 17.8. The Morgan fingerprint density at radius 1 is 1.17 bits per heavy atom. The molecule has 0 radical (unpaired) electrons. The Bertz CT molecular complexity index is 865. The van der Waals surface area contributed by atoms with E-state index >= 15 is 0 Å². The second-order valence-corrected chi connectivity index (χ2v) is 7.34. The van der Waals surface area contributed by atoms with Gasteiger partial charge in [-0.05, 0) is 37.8 Å². The predicted molar refractivity (Wildman–Crippen MR) is 113 cm³/mol. The molecule has 8 heteroatoms. The van der Waals surface area contributed by atoms with Crippen LogP contribution in [0.25, 0.3) is 0 Å². The van der Waals surface area contributed by atoms with Gasteiger partial charge in [0.1, 0.15) is 5.69 Å². The van der Waals surface area contributed by atoms with Crippen molar-refractivity contribution in [2.24, 2.45) is 0 Å². The van der Waals surface area contributed by atoms with Gasteiger partial charge in [0.25, 0.3) is 5.91 Å². The fourth-order valence-corrected chi connectivity index (χ4v) is 3.72. The van der Waals surface area contributed by atoms with Gasteiger partial charge >= 0.3 is 0 Å². The Labute approximate surface area is 176 Å². The number of benzene rings is 1. The first-order chi connectivity index (χ1) is 14.6. The van der Waals surface area contributed by atoms with E-state index in [-0.39, 0.29) is 36.7 Å². The van der Waals surface area contributed by atoms with Gasteiger partial charge in [-0.25, -0.2) is 0 Å². The van der Waals surface area contributed by atoms with E-state index in [1.807, 2.05) is 37.3 Å². The molecule has 1 aliphatic rings. The minimum atomic E-state index is -0.366. The summed E-state index contributed by atoms with van der Waals surface area (Å²) in [5.41, 5.74) is 1.34. The number of carbonyl (C=O) groups is 3. The molecule has 2 N–H and O–H groups in total. The van der Waals surface area contributed by atoms with Gasteiger partial charge in [-0.3, -0.25) is 19.1 Å². The van der Waals surface area contributed by atoms with Gasteiger partial charge in [-0.1, -0.05) is 30.3 Å². The highest BCUT2D eigenvalue weighted by Gasteiger charge is 2.28. The first-order valence-electron chi connectivity index (χ1n) is 10.5. The third-order valence-electron chi connectivity index (χ3n) is 5.31. The summed E-state index contributed by atoms with van der Waals surface area (Å²) in [5, 5.41) is 9.74. The van der Waals surface area contributed by atoms with E-state index in [9.17, 15) is 14.4 Å². The number of rotatable bonds is 5. The molecule has 3 rings (SSSR count). The van der Waals surface area contributed by atoms with Gasteiger partial charge in [-0.15, -0.1) is 0 Å². The Kier molecular flexibility index (Phi) is 7.59. The van der Waals surface area contributed by atoms with Crippen molar-refractivity contribution in [2.75, 3.05) is 19.6 Å². The first-order valence-corrected chi connectivity index (χ1v) is 10.5. The van der Waals surface area contributed by atoms with Crippen LogP contribution in [0.3, 0.4) is 0 Å². The van der Waals surface area contributed by atoms with Gasteiger partial charge in [0.2, 0.25) is 11.8 Å². The highest BCUT2D eigenvalue weighted by Crippen LogP contribution is 2.25. The zero-order valence-corrected chi connectivity index (χ0v) is 17.3. The van der Waals surface area contributed by atoms with Crippen LogP contribution in [0.1, 0.15) is 54.7 Å². The van der Waals surface area contributed by atoms with E-state index < -0.39 is 0 Å². The number of amides is 3. The summed E-state index contributed by atoms with van der Waals surface area (Å²) in [4.78, 5) is 39.8. The highest BCUT2D eigenvalue weighted by molar-refractivity contribution is 5.95. The second-order valence-electron chi connectivity index (χ2n) is 7.34. The lowest BCUT2D eigenvalue weighted by atomic mass is 10.00. The van der Waals surface area contributed by atoms with E-state index in [1.54, 1.807) is 21.8 Å². The molecule has 2 aromatic rings. The molecule has 1 aromatic carbocycles. The van der Waals surface area contributed by atoms with Crippen molar-refractivity contribution in [3.8, 4) is 0 Å². The van der Waals surface area contributed by atoms with Crippen LogP contribution in [0.5, 0.6) is 0 Å². The maximum Gasteiger partial charge on any atom is 0.269 e. The van der Waals surface area contributed by atoms with Crippen molar-refractivity contribution in [3.63, 3.8) is 0 Å². The fourth-order valence-electron chi connectivity index (χ4n) is 3.72. The summed E-state index contributed by atoms with van der Waals surface area (Å²) in [6, 6.07) is 10.8. The van der Waals surface area contributed by atoms with E-state index in [4.69, 9.17) is 0 Å². The molecule has 8 nitrogen and oxygen atoms in total. The van der Waals surface area contributed by atoms with Crippen molar-refractivity contribution < 1.29 is 14.4 Å². The smallest absolute Gasteiger partial charge is 0.269 e. The van der Waals surface area contributed by atoms with Gasteiger partial charge in [0.05, 0.1) is 19.0 Å². The Balaban J connectivity index is 1.76. The summed E-state index contributed by atoms with van der Waals surface area (Å²) in [5.74, 6) is -0.606. The van der Waals surface area contributed by atoms with Crippen molar-refractivity contribution >= 4 is 17.7 Å². The zero-order chi connectivity index (χ0) is 21.3. The monoisotopic (exact) mass is 411 g/mol. The number of carbonyl (C=O) groups excluding carboxylic acids is 3. The zero-order valence-electron chi connectivity index (χ0n) is 17.3. The highest BCUT2D eigenvalue weighted by atomic mass is 16.2. The standard InChI is InChI=1S/C22H29N5O3/c1-2-27-18(11-13-25-27)22(30)24-16-21(29)26-14-8-4-7-12-23-20(28)15-19(26)17-9-5-3-6-10-17/h3,5-6,9-11,13,19H,2,4,7-8,12,14-16H2,1H3,(H,23,28)(H,24,30). The molecule has 160 valence electrons. The lowest BCUT2D eigenvalue weighted by Crippen LogP contribution is -2.44. The summed E-state index contributed by atoms with van der Waals surface area (Å²) >= 11 is 0. The van der Waals surface area contributed by atoms with Crippen molar-refractivity contribution in [1.29, 1.82) is 0 Å². The maximum absolute atomic E-state index is 13.1. The number of aromatic nitrogens is 2. The Morgan fingerprint density at radius 2 is 1.97 bits per heavy atom. The van der Waals surface area contributed by atoms with E-state index in [0.717, 1.165) is 24.8 Å². The summed E-state index contributed by atoms with van der Waals surface area (Å²) in [6.45, 7) is 3.56. The Morgan fingerprint density at radius 3 is 2.73 bits per heavy atom. The van der Waals surface area contributed by atoms with Crippen LogP contribution in [-0.2, 0) is 16.1 Å². The maximum atomic E-state index is 13.1. The Hall–Kier alpha value is -3.16. The van der Waals surface area contributed by atoms with Crippen LogP contribution in [-0.4, -0.2) is 52.0 Å². The number of nitrogens with one attached hydrogen (secondary N) is 2. The average molecular weight is 412 g/mol. The van der Waals surface area contributed by atoms with Crippen LogP contribution in [0.2, 0.25) is 0 Å². The topological polar surface area (TPSA) is 96.3 Å². The third-order valence-corrected chi connectivity index (χ3v) is 5.31. The number of nitrogens with zero attached hydrogens (tertiary/aromatic N) is 3. The predicted octanol–water partition coefficient (Wildman–Crippen LogP) is 1.89. The number of hydrogen-bond acceptors (Lipinski definition) is 4. The average Bonchev–Trinajstić information content (AvgIpc) is 3.25. The molecule has 1 fully saturated rings. The molecule has 30 heavy (non-hydrogen) atoms. The van der Waals surface area contributed by atoms with Gasteiger partial charge in [0, 0.05) is 25.8 Å². The quantitative estimate of drug-likeness (QED) is 0.785. The van der Waals surface area contributed by atoms with Crippen molar-refractivity contribution in [1.82, 2.24) is 25.3 Å². The van der Waals surface area contributed by atoms with E-state index in [0.29, 0.717) is 25.3 Å². The van der Waals surface area contributed by atoms with E-state index in [2.05, 4.69) is 15.7 Å². The molecule has 1 saturated heterocycles. The molecule has 0 aliphatic carbocycles. The molecule has 3 amide bonds.